The fourth-order valence-electron chi connectivity index (χ4n) is 4.68. The average Bonchev–Trinajstić information content (AvgIpc) is 3.48. The lowest BCUT2D eigenvalue weighted by atomic mass is 10.0. The summed E-state index contributed by atoms with van der Waals surface area (Å²) in [5.74, 6) is 1.80. The number of benzene rings is 2. The standard InChI is InChI=1S/C25H29N5O4S/c1-32-19-13-18(14-20(33-2)22(19)34-3)21(23-24(31)30-25(35-23)26-16-27-30)29-11-9-28(10-12-29)15-17-7-5-4-6-8-17/h4-8,13-14,16,21,31H,9-12,15H2,1-3H3/t21-/m1/s1. The molecule has 1 saturated heterocycles. The molecule has 0 aliphatic carbocycles. The zero-order valence-corrected chi connectivity index (χ0v) is 20.9. The lowest BCUT2D eigenvalue weighted by Crippen LogP contribution is -2.47. The van der Waals surface area contributed by atoms with Gasteiger partial charge in [0.05, 0.1) is 32.2 Å². The van der Waals surface area contributed by atoms with Crippen molar-refractivity contribution in [3.05, 3.63) is 64.8 Å². The summed E-state index contributed by atoms with van der Waals surface area (Å²) in [6.45, 7) is 4.42. The lowest BCUT2D eigenvalue weighted by molar-refractivity contribution is 0.104. The van der Waals surface area contributed by atoms with E-state index < -0.39 is 0 Å². The minimum atomic E-state index is -0.226. The summed E-state index contributed by atoms with van der Waals surface area (Å²) in [6, 6.07) is 14.2. The van der Waals surface area contributed by atoms with E-state index in [1.807, 2.05) is 18.2 Å². The molecule has 2 aromatic heterocycles. The molecule has 35 heavy (non-hydrogen) atoms. The molecule has 3 heterocycles. The first-order chi connectivity index (χ1) is 17.1. The van der Waals surface area contributed by atoms with E-state index in [1.54, 1.807) is 21.3 Å². The maximum Gasteiger partial charge on any atom is 0.230 e. The van der Waals surface area contributed by atoms with Crippen molar-refractivity contribution < 1.29 is 19.3 Å². The van der Waals surface area contributed by atoms with Crippen LogP contribution in [0, 0.1) is 0 Å². The maximum absolute atomic E-state index is 11.1. The van der Waals surface area contributed by atoms with Crippen LogP contribution in [-0.4, -0.2) is 77.0 Å². The third kappa shape index (κ3) is 4.52. The predicted octanol–water partition coefficient (Wildman–Crippen LogP) is 3.43. The van der Waals surface area contributed by atoms with Gasteiger partial charge in [0.25, 0.3) is 0 Å². The van der Waals surface area contributed by atoms with Gasteiger partial charge in [-0.25, -0.2) is 4.98 Å². The van der Waals surface area contributed by atoms with E-state index >= 15 is 0 Å². The molecular formula is C25H29N5O4S. The normalized spacial score (nSPS) is 15.9. The van der Waals surface area contributed by atoms with Crippen molar-refractivity contribution >= 4 is 16.3 Å². The van der Waals surface area contributed by atoms with Crippen LogP contribution in [0.3, 0.4) is 0 Å². The summed E-state index contributed by atoms with van der Waals surface area (Å²) in [4.78, 5) is 10.6. The Balaban J connectivity index is 1.49. The Morgan fingerprint density at radius 1 is 0.971 bits per heavy atom. The molecule has 10 heteroatoms. The van der Waals surface area contributed by atoms with Gasteiger partial charge in [0.1, 0.15) is 6.33 Å². The Hall–Kier alpha value is -3.34. The fourth-order valence-corrected chi connectivity index (χ4v) is 5.77. The van der Waals surface area contributed by atoms with Gasteiger partial charge in [0.2, 0.25) is 16.6 Å². The van der Waals surface area contributed by atoms with E-state index in [2.05, 4.69) is 44.1 Å². The van der Waals surface area contributed by atoms with Crippen LogP contribution in [0.25, 0.3) is 4.96 Å². The van der Waals surface area contributed by atoms with Crippen molar-refractivity contribution in [2.75, 3.05) is 47.5 Å². The molecule has 0 bridgehead atoms. The van der Waals surface area contributed by atoms with Crippen LogP contribution < -0.4 is 14.2 Å². The topological polar surface area (TPSA) is 84.6 Å². The van der Waals surface area contributed by atoms with Crippen LogP contribution in [0.4, 0.5) is 0 Å². The van der Waals surface area contributed by atoms with Gasteiger partial charge in [-0.05, 0) is 23.3 Å². The molecule has 2 aromatic carbocycles. The number of methoxy groups -OCH3 is 3. The highest BCUT2D eigenvalue weighted by Crippen LogP contribution is 2.45. The Morgan fingerprint density at radius 3 is 2.26 bits per heavy atom. The van der Waals surface area contributed by atoms with Crippen LogP contribution in [0.2, 0.25) is 0 Å². The molecule has 4 aromatic rings. The fraction of sp³-hybridized carbons (Fsp3) is 0.360. The van der Waals surface area contributed by atoms with Gasteiger partial charge >= 0.3 is 0 Å². The second kappa shape index (κ2) is 10.1. The highest BCUT2D eigenvalue weighted by molar-refractivity contribution is 7.17. The third-order valence-corrected chi connectivity index (χ3v) is 7.50. The first-order valence-corrected chi connectivity index (χ1v) is 12.3. The van der Waals surface area contributed by atoms with E-state index in [0.29, 0.717) is 22.2 Å². The van der Waals surface area contributed by atoms with Crippen molar-refractivity contribution in [1.29, 1.82) is 0 Å². The van der Waals surface area contributed by atoms with Crippen LogP contribution in [0.5, 0.6) is 23.1 Å². The van der Waals surface area contributed by atoms with Crippen molar-refractivity contribution in [3.8, 4) is 23.1 Å². The molecule has 9 nitrogen and oxygen atoms in total. The Bertz CT molecular complexity index is 1260. The molecule has 0 spiro atoms. The van der Waals surface area contributed by atoms with E-state index in [4.69, 9.17) is 14.2 Å². The molecule has 0 radical (unpaired) electrons. The Kier molecular flexibility index (Phi) is 6.76. The van der Waals surface area contributed by atoms with Gasteiger partial charge in [0, 0.05) is 32.7 Å². The van der Waals surface area contributed by atoms with Gasteiger partial charge < -0.3 is 19.3 Å². The highest BCUT2D eigenvalue weighted by Gasteiger charge is 2.33. The van der Waals surface area contributed by atoms with Crippen LogP contribution >= 0.6 is 11.3 Å². The molecular weight excluding hydrogens is 466 g/mol. The molecule has 0 amide bonds. The van der Waals surface area contributed by atoms with Crippen LogP contribution in [0.1, 0.15) is 22.0 Å². The largest absolute Gasteiger partial charge is 0.493 e. The summed E-state index contributed by atoms with van der Waals surface area (Å²) in [6.07, 6.45) is 1.45. The van der Waals surface area contributed by atoms with Crippen molar-refractivity contribution in [2.45, 2.75) is 12.6 Å². The highest BCUT2D eigenvalue weighted by atomic mass is 32.1. The van der Waals surface area contributed by atoms with E-state index in [0.717, 1.165) is 43.2 Å². The number of hydrogen-bond donors (Lipinski definition) is 1. The molecule has 1 N–H and O–H groups in total. The molecule has 5 rings (SSSR count). The SMILES string of the molecule is COc1cc([C@H](c2sc3ncnn3c2O)N2CCN(Cc3ccccc3)CC2)cc(OC)c1OC. The van der Waals surface area contributed by atoms with Crippen LogP contribution in [-0.2, 0) is 6.54 Å². The van der Waals surface area contributed by atoms with Gasteiger partial charge in [-0.3, -0.25) is 9.80 Å². The maximum atomic E-state index is 11.1. The number of ether oxygens (including phenoxy) is 3. The average molecular weight is 496 g/mol. The quantitative estimate of drug-likeness (QED) is 0.398. The smallest absolute Gasteiger partial charge is 0.230 e. The molecule has 1 fully saturated rings. The summed E-state index contributed by atoms with van der Waals surface area (Å²) >= 11 is 1.44. The number of piperazine rings is 1. The summed E-state index contributed by atoms with van der Waals surface area (Å²) in [5, 5.41) is 15.3. The summed E-state index contributed by atoms with van der Waals surface area (Å²) < 4.78 is 18.3. The Morgan fingerprint density at radius 2 is 1.66 bits per heavy atom. The molecule has 1 aliphatic rings. The number of aromatic hydroxyl groups is 1. The second-order valence-corrected chi connectivity index (χ2v) is 9.41. The van der Waals surface area contributed by atoms with Gasteiger partial charge in [-0.15, -0.1) is 0 Å². The van der Waals surface area contributed by atoms with E-state index in [-0.39, 0.29) is 11.9 Å². The first-order valence-electron chi connectivity index (χ1n) is 11.4. The van der Waals surface area contributed by atoms with E-state index in [1.165, 1.54) is 27.7 Å². The van der Waals surface area contributed by atoms with Gasteiger partial charge in [0.15, 0.2) is 11.5 Å². The van der Waals surface area contributed by atoms with Crippen molar-refractivity contribution in [3.63, 3.8) is 0 Å². The van der Waals surface area contributed by atoms with Crippen LogP contribution in [0.15, 0.2) is 48.8 Å². The summed E-state index contributed by atoms with van der Waals surface area (Å²) in [7, 11) is 4.81. The predicted molar refractivity (Wildman–Crippen MR) is 134 cm³/mol. The summed E-state index contributed by atoms with van der Waals surface area (Å²) in [5.41, 5.74) is 2.25. The van der Waals surface area contributed by atoms with Crippen molar-refractivity contribution in [1.82, 2.24) is 24.4 Å². The zero-order chi connectivity index (χ0) is 24.4. The Labute approximate surface area is 208 Å². The third-order valence-electron chi connectivity index (χ3n) is 6.41. The monoisotopic (exact) mass is 495 g/mol. The molecule has 1 atom stereocenters. The van der Waals surface area contributed by atoms with E-state index in [9.17, 15) is 5.11 Å². The first kappa shape index (κ1) is 23.4. The number of fused-ring (bicyclic) bond motifs is 1. The molecule has 0 unspecified atom stereocenters. The van der Waals surface area contributed by atoms with Crippen molar-refractivity contribution in [2.24, 2.45) is 0 Å². The molecule has 1 aliphatic heterocycles. The number of rotatable bonds is 8. The number of thiazole rings is 1. The second-order valence-electron chi connectivity index (χ2n) is 8.40. The minimum absolute atomic E-state index is 0.105. The minimum Gasteiger partial charge on any atom is -0.493 e. The molecule has 184 valence electrons. The number of aromatic nitrogens is 3. The zero-order valence-electron chi connectivity index (χ0n) is 20.0. The van der Waals surface area contributed by atoms with Gasteiger partial charge in [-0.1, -0.05) is 41.7 Å². The number of nitrogens with zero attached hydrogens (tertiary/aromatic N) is 5. The lowest BCUT2D eigenvalue weighted by Gasteiger charge is -2.39. The molecule has 0 saturated carbocycles. The van der Waals surface area contributed by atoms with Gasteiger partial charge in [-0.2, -0.15) is 9.61 Å². The number of hydrogen-bond acceptors (Lipinski definition) is 9.